The molecule has 100 valence electrons. The maximum Gasteiger partial charge on any atom is 0.0499 e. The quantitative estimate of drug-likeness (QED) is 0.664. The number of nitrogens with zero attached hydrogens (tertiary/aromatic N) is 1. The molecular weight excluding hydrogens is 212 g/mol. The minimum absolute atomic E-state index is 0.216. The topological polar surface area (TPSA) is 35.5 Å². The maximum atomic E-state index is 9.50. The highest BCUT2D eigenvalue weighted by Crippen LogP contribution is 2.36. The molecule has 1 saturated carbocycles. The Balaban J connectivity index is 1.53. The van der Waals surface area contributed by atoms with Crippen molar-refractivity contribution in [2.24, 2.45) is 5.41 Å². The van der Waals surface area contributed by atoms with Crippen molar-refractivity contribution in [3.05, 3.63) is 0 Å². The first kappa shape index (κ1) is 13.3. The minimum atomic E-state index is 0.216. The van der Waals surface area contributed by atoms with Crippen LogP contribution in [0.25, 0.3) is 0 Å². The molecule has 1 aliphatic carbocycles. The van der Waals surface area contributed by atoms with Gasteiger partial charge in [-0.2, -0.15) is 0 Å². The standard InChI is InChI=1S/C14H28N2O/c17-13-14(6-1-2-7-14)12-15-8-5-11-16-9-3-4-10-16/h15,17H,1-13H2. The first-order valence-electron chi connectivity index (χ1n) is 7.39. The van der Waals surface area contributed by atoms with Crippen LogP contribution in [-0.4, -0.2) is 49.3 Å². The number of hydrogen-bond donors (Lipinski definition) is 2. The Hall–Kier alpha value is -0.120. The van der Waals surface area contributed by atoms with E-state index in [0.717, 1.165) is 13.1 Å². The molecule has 0 unspecified atom stereocenters. The summed E-state index contributed by atoms with van der Waals surface area (Å²) in [5, 5.41) is 13.1. The van der Waals surface area contributed by atoms with Gasteiger partial charge in [0.15, 0.2) is 0 Å². The van der Waals surface area contributed by atoms with Gasteiger partial charge in [0.2, 0.25) is 0 Å². The Morgan fingerprint density at radius 3 is 2.41 bits per heavy atom. The fourth-order valence-corrected chi connectivity index (χ4v) is 3.30. The molecule has 17 heavy (non-hydrogen) atoms. The average Bonchev–Trinajstić information content (AvgIpc) is 3.00. The van der Waals surface area contributed by atoms with E-state index >= 15 is 0 Å². The lowest BCUT2D eigenvalue weighted by Gasteiger charge is -2.27. The van der Waals surface area contributed by atoms with Gasteiger partial charge in [0.05, 0.1) is 0 Å². The summed E-state index contributed by atoms with van der Waals surface area (Å²) in [5.74, 6) is 0. The summed E-state index contributed by atoms with van der Waals surface area (Å²) in [6.07, 6.45) is 9.06. The van der Waals surface area contributed by atoms with Gasteiger partial charge in [-0.05, 0) is 58.3 Å². The van der Waals surface area contributed by atoms with Crippen molar-refractivity contribution < 1.29 is 5.11 Å². The van der Waals surface area contributed by atoms with Crippen molar-refractivity contribution in [3.8, 4) is 0 Å². The number of aliphatic hydroxyl groups is 1. The molecule has 0 bridgehead atoms. The van der Waals surface area contributed by atoms with Crippen LogP contribution in [-0.2, 0) is 0 Å². The monoisotopic (exact) mass is 240 g/mol. The zero-order chi connectivity index (χ0) is 12.0. The summed E-state index contributed by atoms with van der Waals surface area (Å²) < 4.78 is 0. The van der Waals surface area contributed by atoms with Crippen molar-refractivity contribution >= 4 is 0 Å². The molecule has 0 amide bonds. The lowest BCUT2D eigenvalue weighted by atomic mass is 9.87. The van der Waals surface area contributed by atoms with Crippen LogP contribution in [0.5, 0.6) is 0 Å². The van der Waals surface area contributed by atoms with Gasteiger partial charge in [-0.25, -0.2) is 0 Å². The zero-order valence-corrected chi connectivity index (χ0v) is 11.1. The fourth-order valence-electron chi connectivity index (χ4n) is 3.30. The van der Waals surface area contributed by atoms with E-state index in [-0.39, 0.29) is 5.41 Å². The second-order valence-corrected chi connectivity index (χ2v) is 5.94. The van der Waals surface area contributed by atoms with Crippen LogP contribution in [0.1, 0.15) is 44.9 Å². The van der Waals surface area contributed by atoms with E-state index in [0.29, 0.717) is 6.61 Å². The molecule has 2 N–H and O–H groups in total. The van der Waals surface area contributed by atoms with Gasteiger partial charge in [0, 0.05) is 18.6 Å². The first-order valence-corrected chi connectivity index (χ1v) is 7.39. The molecule has 0 aromatic rings. The lowest BCUT2D eigenvalue weighted by Crippen LogP contribution is -2.36. The number of hydrogen-bond acceptors (Lipinski definition) is 3. The molecule has 3 heteroatoms. The van der Waals surface area contributed by atoms with Crippen LogP contribution in [0, 0.1) is 5.41 Å². The van der Waals surface area contributed by atoms with Crippen LogP contribution in [0.15, 0.2) is 0 Å². The number of aliphatic hydroxyl groups excluding tert-OH is 1. The molecule has 1 heterocycles. The van der Waals surface area contributed by atoms with Gasteiger partial charge >= 0.3 is 0 Å². The van der Waals surface area contributed by atoms with Crippen LogP contribution in [0.2, 0.25) is 0 Å². The van der Waals surface area contributed by atoms with E-state index < -0.39 is 0 Å². The Morgan fingerprint density at radius 1 is 1.06 bits per heavy atom. The smallest absolute Gasteiger partial charge is 0.0499 e. The van der Waals surface area contributed by atoms with E-state index in [1.54, 1.807) is 0 Å². The van der Waals surface area contributed by atoms with Gasteiger partial charge in [0.25, 0.3) is 0 Å². The van der Waals surface area contributed by atoms with E-state index in [4.69, 9.17) is 0 Å². The van der Waals surface area contributed by atoms with Crippen LogP contribution >= 0.6 is 0 Å². The van der Waals surface area contributed by atoms with Crippen molar-refractivity contribution in [2.45, 2.75) is 44.9 Å². The minimum Gasteiger partial charge on any atom is -0.396 e. The van der Waals surface area contributed by atoms with Crippen molar-refractivity contribution in [2.75, 3.05) is 39.3 Å². The van der Waals surface area contributed by atoms with Crippen LogP contribution in [0.4, 0.5) is 0 Å². The largest absolute Gasteiger partial charge is 0.396 e. The number of nitrogens with one attached hydrogen (secondary N) is 1. The highest BCUT2D eigenvalue weighted by Gasteiger charge is 2.32. The van der Waals surface area contributed by atoms with Crippen molar-refractivity contribution in [3.63, 3.8) is 0 Å². The third kappa shape index (κ3) is 3.94. The van der Waals surface area contributed by atoms with Crippen LogP contribution < -0.4 is 5.32 Å². The van der Waals surface area contributed by atoms with E-state index in [9.17, 15) is 5.11 Å². The molecule has 2 fully saturated rings. The summed E-state index contributed by atoms with van der Waals surface area (Å²) in [6, 6.07) is 0. The third-order valence-corrected chi connectivity index (χ3v) is 4.53. The second-order valence-electron chi connectivity index (χ2n) is 5.94. The number of rotatable bonds is 7. The highest BCUT2D eigenvalue weighted by atomic mass is 16.3. The van der Waals surface area contributed by atoms with Gasteiger partial charge in [-0.3, -0.25) is 0 Å². The molecule has 2 rings (SSSR count). The normalized spacial score (nSPS) is 24.5. The lowest BCUT2D eigenvalue weighted by molar-refractivity contribution is 0.128. The van der Waals surface area contributed by atoms with Gasteiger partial charge in [-0.1, -0.05) is 12.8 Å². The van der Waals surface area contributed by atoms with Gasteiger partial charge in [-0.15, -0.1) is 0 Å². The molecular formula is C14H28N2O. The maximum absolute atomic E-state index is 9.50. The SMILES string of the molecule is OCC1(CNCCCN2CCCC2)CCCC1. The summed E-state index contributed by atoms with van der Waals surface area (Å²) in [4.78, 5) is 2.57. The molecule has 0 radical (unpaired) electrons. The molecule has 1 aliphatic heterocycles. The van der Waals surface area contributed by atoms with Crippen molar-refractivity contribution in [1.29, 1.82) is 0 Å². The summed E-state index contributed by atoms with van der Waals surface area (Å²) >= 11 is 0. The highest BCUT2D eigenvalue weighted by molar-refractivity contribution is 4.86. The molecule has 0 aromatic carbocycles. The predicted molar refractivity (Wildman–Crippen MR) is 71.1 cm³/mol. The molecule has 0 spiro atoms. The molecule has 0 atom stereocenters. The van der Waals surface area contributed by atoms with Gasteiger partial charge in [0.1, 0.15) is 0 Å². The Bertz CT molecular complexity index is 208. The second kappa shape index (κ2) is 6.72. The molecule has 1 saturated heterocycles. The molecule has 3 nitrogen and oxygen atoms in total. The van der Waals surface area contributed by atoms with Crippen molar-refractivity contribution in [1.82, 2.24) is 10.2 Å². The number of likely N-dealkylation sites (tertiary alicyclic amines) is 1. The van der Waals surface area contributed by atoms with Crippen LogP contribution in [0.3, 0.4) is 0 Å². The van der Waals surface area contributed by atoms with E-state index in [1.165, 1.54) is 64.6 Å². The fraction of sp³-hybridized carbons (Fsp3) is 1.00. The van der Waals surface area contributed by atoms with Gasteiger partial charge < -0.3 is 15.3 Å². The Morgan fingerprint density at radius 2 is 1.76 bits per heavy atom. The average molecular weight is 240 g/mol. The summed E-state index contributed by atoms with van der Waals surface area (Å²) in [5.41, 5.74) is 0.216. The zero-order valence-electron chi connectivity index (χ0n) is 11.1. The first-order chi connectivity index (χ1) is 8.35. The molecule has 0 aromatic heterocycles. The summed E-state index contributed by atoms with van der Waals surface area (Å²) in [6.45, 7) is 6.36. The Labute approximate surface area is 106 Å². The van der Waals surface area contributed by atoms with E-state index in [1.807, 2.05) is 0 Å². The Kier molecular flexibility index (Phi) is 5.26. The van der Waals surface area contributed by atoms with E-state index in [2.05, 4.69) is 10.2 Å². The predicted octanol–water partition coefficient (Wildman–Crippen LogP) is 1.61. The summed E-state index contributed by atoms with van der Waals surface area (Å²) in [7, 11) is 0. The molecule has 2 aliphatic rings. The third-order valence-electron chi connectivity index (χ3n) is 4.53.